The maximum atomic E-state index is 11.8. The molecular weight excluding hydrogens is 290 g/mol. The first-order valence-corrected chi connectivity index (χ1v) is 7.23. The molecule has 0 aliphatic rings. The van der Waals surface area contributed by atoms with Gasteiger partial charge in [0, 0.05) is 18.5 Å². The number of sulfonamides is 1. The summed E-state index contributed by atoms with van der Waals surface area (Å²) in [6, 6.07) is 7.19. The molecule has 0 unspecified atom stereocenters. The van der Waals surface area contributed by atoms with Crippen molar-refractivity contribution in [3.63, 3.8) is 0 Å². The van der Waals surface area contributed by atoms with Crippen LogP contribution in [0.4, 0.5) is 0 Å². The Kier molecular flexibility index (Phi) is 5.74. The molecule has 0 radical (unpaired) electrons. The Morgan fingerprint density at radius 1 is 1.26 bits per heavy atom. The fourth-order valence-corrected chi connectivity index (χ4v) is 2.69. The van der Waals surface area contributed by atoms with Crippen LogP contribution in [0.3, 0.4) is 0 Å². The van der Waals surface area contributed by atoms with Crippen molar-refractivity contribution in [3.05, 3.63) is 30.0 Å². The van der Waals surface area contributed by atoms with Gasteiger partial charge in [0.05, 0.1) is 0 Å². The van der Waals surface area contributed by atoms with Crippen LogP contribution in [0.25, 0.3) is 11.0 Å². The van der Waals surface area contributed by atoms with E-state index in [1.54, 1.807) is 19.2 Å². The van der Waals surface area contributed by atoms with Gasteiger partial charge >= 0.3 is 0 Å². The van der Waals surface area contributed by atoms with Gasteiger partial charge < -0.3 is 9.84 Å². The third-order valence-electron chi connectivity index (χ3n) is 2.48. The normalized spacial score (nSPS) is 11.4. The van der Waals surface area contributed by atoms with Gasteiger partial charge in [-0.25, -0.2) is 13.1 Å². The molecule has 0 aliphatic carbocycles. The fourth-order valence-electron chi connectivity index (χ4n) is 1.60. The van der Waals surface area contributed by atoms with Crippen molar-refractivity contribution in [2.75, 3.05) is 20.1 Å². The first-order valence-electron chi connectivity index (χ1n) is 5.57. The number of benzene rings is 1. The number of fused-ring (bicyclic) bond motifs is 1. The zero-order chi connectivity index (χ0) is 13.0. The van der Waals surface area contributed by atoms with Crippen LogP contribution in [0.15, 0.2) is 28.8 Å². The number of rotatable bonds is 6. The zero-order valence-electron chi connectivity index (χ0n) is 10.4. The highest BCUT2D eigenvalue weighted by Gasteiger charge is 2.16. The molecule has 106 valence electrons. The van der Waals surface area contributed by atoms with E-state index in [9.17, 15) is 8.42 Å². The summed E-state index contributed by atoms with van der Waals surface area (Å²) in [6.07, 6.45) is 0. The standard InChI is InChI=1S/C11H15N3O3S.ClH/c1-12-6-7-13-18(15,16)8-10-9-4-2-3-5-11(9)17-14-10;/h2-5,12-13H,6-8H2,1H3;1H. The minimum Gasteiger partial charge on any atom is -0.356 e. The maximum absolute atomic E-state index is 11.8. The summed E-state index contributed by atoms with van der Waals surface area (Å²) in [4.78, 5) is 0. The molecule has 0 spiro atoms. The number of hydrogen-bond donors (Lipinski definition) is 2. The lowest BCUT2D eigenvalue weighted by Crippen LogP contribution is -2.31. The Morgan fingerprint density at radius 2 is 2.00 bits per heavy atom. The molecule has 0 bridgehead atoms. The van der Waals surface area contributed by atoms with E-state index in [0.29, 0.717) is 24.4 Å². The Labute approximate surface area is 118 Å². The first kappa shape index (κ1) is 15.9. The topological polar surface area (TPSA) is 84.2 Å². The molecule has 1 heterocycles. The van der Waals surface area contributed by atoms with Crippen LogP contribution in [0, 0.1) is 0 Å². The second-order valence-electron chi connectivity index (χ2n) is 3.88. The lowest BCUT2D eigenvalue weighted by molar-refractivity contribution is 0.448. The lowest BCUT2D eigenvalue weighted by Gasteiger charge is -2.04. The summed E-state index contributed by atoms with van der Waals surface area (Å²) < 4.78 is 31.1. The molecule has 0 aliphatic heterocycles. The van der Waals surface area contributed by atoms with Crippen LogP contribution in [0.2, 0.25) is 0 Å². The molecule has 2 aromatic rings. The summed E-state index contributed by atoms with van der Waals surface area (Å²) in [5.41, 5.74) is 1.03. The van der Waals surface area contributed by atoms with Gasteiger partial charge in [-0.1, -0.05) is 17.3 Å². The van der Waals surface area contributed by atoms with Crippen molar-refractivity contribution >= 4 is 33.4 Å². The van der Waals surface area contributed by atoms with Gasteiger partial charge in [0.1, 0.15) is 11.4 Å². The average Bonchev–Trinajstić information content (AvgIpc) is 2.72. The predicted octanol–water partition coefficient (Wildman–Crippen LogP) is 0.888. The van der Waals surface area contributed by atoms with Crippen LogP contribution in [0.5, 0.6) is 0 Å². The number of para-hydroxylation sites is 1. The van der Waals surface area contributed by atoms with E-state index in [1.165, 1.54) is 0 Å². The van der Waals surface area contributed by atoms with Gasteiger partial charge in [0.2, 0.25) is 10.0 Å². The van der Waals surface area contributed by atoms with Crippen molar-refractivity contribution in [3.8, 4) is 0 Å². The van der Waals surface area contributed by atoms with Gasteiger partial charge in [-0.3, -0.25) is 0 Å². The van der Waals surface area contributed by atoms with E-state index in [1.807, 2.05) is 12.1 Å². The summed E-state index contributed by atoms with van der Waals surface area (Å²) in [7, 11) is -1.62. The number of aromatic nitrogens is 1. The highest BCUT2D eigenvalue weighted by atomic mass is 35.5. The lowest BCUT2D eigenvalue weighted by atomic mass is 10.2. The molecule has 0 amide bonds. The van der Waals surface area contributed by atoms with E-state index in [4.69, 9.17) is 4.52 Å². The van der Waals surface area contributed by atoms with Crippen LogP contribution in [-0.2, 0) is 15.8 Å². The molecule has 2 N–H and O–H groups in total. The van der Waals surface area contributed by atoms with Crippen molar-refractivity contribution in [2.45, 2.75) is 5.75 Å². The Morgan fingerprint density at radius 3 is 2.74 bits per heavy atom. The molecule has 8 heteroatoms. The van der Waals surface area contributed by atoms with Crippen molar-refractivity contribution in [1.82, 2.24) is 15.2 Å². The van der Waals surface area contributed by atoms with E-state index >= 15 is 0 Å². The monoisotopic (exact) mass is 305 g/mol. The van der Waals surface area contributed by atoms with E-state index in [0.717, 1.165) is 5.39 Å². The first-order chi connectivity index (χ1) is 8.62. The summed E-state index contributed by atoms with van der Waals surface area (Å²) in [6.45, 7) is 0.938. The summed E-state index contributed by atoms with van der Waals surface area (Å²) in [5, 5.41) is 7.40. The quantitative estimate of drug-likeness (QED) is 0.774. The zero-order valence-corrected chi connectivity index (χ0v) is 12.1. The molecule has 0 atom stereocenters. The van der Waals surface area contributed by atoms with Crippen LogP contribution < -0.4 is 10.0 Å². The highest BCUT2D eigenvalue weighted by Crippen LogP contribution is 2.19. The Bertz CT molecular complexity index is 627. The van der Waals surface area contributed by atoms with E-state index < -0.39 is 10.0 Å². The SMILES string of the molecule is CNCCNS(=O)(=O)Cc1noc2ccccc12.Cl. The van der Waals surface area contributed by atoms with Gasteiger partial charge in [0.15, 0.2) is 5.58 Å². The molecule has 0 fully saturated rings. The van der Waals surface area contributed by atoms with Crippen LogP contribution in [-0.4, -0.2) is 33.7 Å². The summed E-state index contributed by atoms with van der Waals surface area (Å²) >= 11 is 0. The number of nitrogens with zero attached hydrogens (tertiary/aromatic N) is 1. The smallest absolute Gasteiger partial charge is 0.217 e. The molecule has 1 aromatic carbocycles. The molecule has 0 saturated carbocycles. The maximum Gasteiger partial charge on any atom is 0.217 e. The van der Waals surface area contributed by atoms with Crippen molar-refractivity contribution < 1.29 is 12.9 Å². The van der Waals surface area contributed by atoms with Crippen LogP contribution in [0.1, 0.15) is 5.69 Å². The third kappa shape index (κ3) is 4.17. The van der Waals surface area contributed by atoms with E-state index in [2.05, 4.69) is 15.2 Å². The molecule has 19 heavy (non-hydrogen) atoms. The Balaban J connectivity index is 0.00000180. The van der Waals surface area contributed by atoms with Gasteiger partial charge in [0.25, 0.3) is 0 Å². The molecule has 0 saturated heterocycles. The largest absolute Gasteiger partial charge is 0.356 e. The van der Waals surface area contributed by atoms with Gasteiger partial charge in [-0.05, 0) is 19.2 Å². The minimum atomic E-state index is -3.38. The summed E-state index contributed by atoms with van der Waals surface area (Å²) in [5.74, 6) is -0.173. The van der Waals surface area contributed by atoms with Crippen molar-refractivity contribution in [2.24, 2.45) is 0 Å². The number of likely N-dealkylation sites (N-methyl/N-ethyl adjacent to an activating group) is 1. The molecule has 2 rings (SSSR count). The molecule has 6 nitrogen and oxygen atoms in total. The fraction of sp³-hybridized carbons (Fsp3) is 0.364. The van der Waals surface area contributed by atoms with Crippen molar-refractivity contribution in [1.29, 1.82) is 0 Å². The average molecular weight is 306 g/mol. The highest BCUT2D eigenvalue weighted by molar-refractivity contribution is 7.88. The van der Waals surface area contributed by atoms with E-state index in [-0.39, 0.29) is 18.2 Å². The Hall–Kier alpha value is -1.15. The molecular formula is C11H16ClN3O3S. The van der Waals surface area contributed by atoms with Crippen LogP contribution >= 0.6 is 12.4 Å². The number of hydrogen-bond acceptors (Lipinski definition) is 5. The minimum absolute atomic E-state index is 0. The second kappa shape index (κ2) is 6.85. The predicted molar refractivity (Wildman–Crippen MR) is 75.8 cm³/mol. The number of halogens is 1. The van der Waals surface area contributed by atoms with Gasteiger partial charge in [-0.2, -0.15) is 0 Å². The second-order valence-corrected chi connectivity index (χ2v) is 5.69. The molecule has 1 aromatic heterocycles. The van der Waals surface area contributed by atoms with Gasteiger partial charge in [-0.15, -0.1) is 12.4 Å². The number of nitrogens with one attached hydrogen (secondary N) is 2. The third-order valence-corrected chi connectivity index (χ3v) is 3.77.